The maximum atomic E-state index is 11.8. The van der Waals surface area contributed by atoms with E-state index >= 15 is 0 Å². The van der Waals surface area contributed by atoms with Gasteiger partial charge in [-0.2, -0.15) is 0 Å². The third-order valence-electron chi connectivity index (χ3n) is 2.92. The first-order chi connectivity index (χ1) is 9.11. The first-order valence-corrected chi connectivity index (χ1v) is 6.66. The molecule has 1 aliphatic rings. The van der Waals surface area contributed by atoms with Gasteiger partial charge in [0.15, 0.2) is 0 Å². The van der Waals surface area contributed by atoms with Crippen LogP contribution in [0, 0.1) is 0 Å². The van der Waals surface area contributed by atoms with Crippen LogP contribution in [0.2, 0.25) is 5.28 Å². The van der Waals surface area contributed by atoms with E-state index in [-0.39, 0.29) is 22.9 Å². The highest BCUT2D eigenvalue weighted by atomic mass is 35.5. The van der Waals surface area contributed by atoms with Crippen molar-refractivity contribution in [1.82, 2.24) is 15.3 Å². The van der Waals surface area contributed by atoms with E-state index in [1.54, 1.807) is 6.07 Å². The Labute approximate surface area is 117 Å². The van der Waals surface area contributed by atoms with Crippen molar-refractivity contribution in [1.29, 1.82) is 0 Å². The monoisotopic (exact) mass is 284 g/mol. The van der Waals surface area contributed by atoms with Crippen LogP contribution in [0.3, 0.4) is 0 Å². The fraction of sp³-hybridized carbons (Fsp3) is 0.583. The number of nitrogens with zero attached hydrogens (tertiary/aromatic N) is 3. The Hall–Kier alpha value is -1.40. The molecule has 0 spiro atoms. The molecule has 1 saturated heterocycles. The third-order valence-corrected chi connectivity index (χ3v) is 3.09. The Morgan fingerprint density at radius 3 is 3.11 bits per heavy atom. The molecular formula is C12H17ClN4O2. The highest BCUT2D eigenvalue weighted by Crippen LogP contribution is 2.19. The third kappa shape index (κ3) is 3.33. The molecule has 1 aliphatic heterocycles. The molecule has 7 heteroatoms. The molecule has 0 unspecified atom stereocenters. The van der Waals surface area contributed by atoms with Gasteiger partial charge in [-0.05, 0) is 25.4 Å². The molecule has 2 rings (SSSR count). The van der Waals surface area contributed by atoms with Crippen molar-refractivity contribution >= 4 is 23.3 Å². The molecule has 1 N–H and O–H groups in total. The number of hydrogen-bond acceptors (Lipinski definition) is 5. The molecule has 1 amide bonds. The molecule has 0 radical (unpaired) electrons. The molecule has 1 aromatic heterocycles. The van der Waals surface area contributed by atoms with Crippen molar-refractivity contribution in [3.05, 3.63) is 17.0 Å². The maximum absolute atomic E-state index is 11.8. The largest absolute Gasteiger partial charge is 0.377 e. The summed E-state index contributed by atoms with van der Waals surface area (Å²) in [5, 5.41) is 2.78. The minimum Gasteiger partial charge on any atom is -0.377 e. The molecule has 104 valence electrons. The van der Waals surface area contributed by atoms with Crippen molar-refractivity contribution in [3.8, 4) is 0 Å². The number of nitrogens with one attached hydrogen (secondary N) is 1. The van der Waals surface area contributed by atoms with Gasteiger partial charge in [-0.1, -0.05) is 0 Å². The van der Waals surface area contributed by atoms with Crippen molar-refractivity contribution in [2.45, 2.75) is 19.9 Å². The number of hydrogen-bond donors (Lipinski definition) is 1. The Bertz CT molecular complexity index is 469. The number of carbonyl (C=O) groups is 1. The van der Waals surface area contributed by atoms with Gasteiger partial charge in [0.1, 0.15) is 11.5 Å². The predicted octanol–water partition coefficient (Wildman–Crippen LogP) is 1.10. The Morgan fingerprint density at radius 1 is 1.63 bits per heavy atom. The molecule has 1 aromatic rings. The molecule has 0 aromatic carbocycles. The Balaban J connectivity index is 2.27. The molecule has 2 heterocycles. The SMILES string of the molecule is CCNC(=O)c1cc(N2CCOC[C@H]2C)nc(Cl)n1. The summed E-state index contributed by atoms with van der Waals surface area (Å²) in [6, 6.07) is 1.86. The number of carbonyl (C=O) groups excluding carboxylic acids is 1. The number of aromatic nitrogens is 2. The number of rotatable bonds is 3. The summed E-state index contributed by atoms with van der Waals surface area (Å²) < 4.78 is 5.38. The summed E-state index contributed by atoms with van der Waals surface area (Å²) in [7, 11) is 0. The number of morpholine rings is 1. The van der Waals surface area contributed by atoms with Crippen molar-refractivity contribution in [2.24, 2.45) is 0 Å². The fourth-order valence-electron chi connectivity index (χ4n) is 1.99. The first-order valence-electron chi connectivity index (χ1n) is 6.29. The van der Waals surface area contributed by atoms with Crippen LogP contribution in [-0.4, -0.2) is 48.2 Å². The van der Waals surface area contributed by atoms with E-state index in [1.807, 2.05) is 13.8 Å². The Kier molecular flexibility index (Phi) is 4.55. The lowest BCUT2D eigenvalue weighted by molar-refractivity contribution is 0.0949. The summed E-state index contributed by atoms with van der Waals surface area (Å²) >= 11 is 5.90. The average Bonchev–Trinajstić information content (AvgIpc) is 2.39. The van der Waals surface area contributed by atoms with Gasteiger partial charge in [-0.3, -0.25) is 4.79 Å². The van der Waals surface area contributed by atoms with Gasteiger partial charge in [-0.15, -0.1) is 0 Å². The zero-order chi connectivity index (χ0) is 13.8. The van der Waals surface area contributed by atoms with E-state index < -0.39 is 0 Å². The first kappa shape index (κ1) is 14.0. The van der Waals surface area contributed by atoms with E-state index in [1.165, 1.54) is 0 Å². The normalized spacial score (nSPS) is 19.3. The number of halogens is 1. The number of amides is 1. The molecule has 0 saturated carbocycles. The summed E-state index contributed by atoms with van der Waals surface area (Å²) in [5.74, 6) is 0.422. The van der Waals surface area contributed by atoms with Crippen LogP contribution in [0.1, 0.15) is 24.3 Å². The van der Waals surface area contributed by atoms with Gasteiger partial charge in [0.2, 0.25) is 5.28 Å². The maximum Gasteiger partial charge on any atom is 0.270 e. The Morgan fingerprint density at radius 2 is 2.42 bits per heavy atom. The van der Waals surface area contributed by atoms with Gasteiger partial charge < -0.3 is 15.0 Å². The van der Waals surface area contributed by atoms with Crippen LogP contribution in [0.4, 0.5) is 5.82 Å². The van der Waals surface area contributed by atoms with E-state index in [9.17, 15) is 4.79 Å². The van der Waals surface area contributed by atoms with Crippen molar-refractivity contribution < 1.29 is 9.53 Å². The molecule has 19 heavy (non-hydrogen) atoms. The lowest BCUT2D eigenvalue weighted by Gasteiger charge is -2.34. The molecule has 1 atom stereocenters. The fourth-order valence-corrected chi connectivity index (χ4v) is 2.17. The van der Waals surface area contributed by atoms with Crippen molar-refractivity contribution in [3.63, 3.8) is 0 Å². The summed E-state index contributed by atoms with van der Waals surface area (Å²) in [6.07, 6.45) is 0. The molecular weight excluding hydrogens is 268 g/mol. The summed E-state index contributed by atoms with van der Waals surface area (Å²) in [4.78, 5) is 22.0. The lowest BCUT2D eigenvalue weighted by Crippen LogP contribution is -2.44. The van der Waals surface area contributed by atoms with E-state index in [0.717, 1.165) is 6.54 Å². The molecule has 1 fully saturated rings. The van der Waals surface area contributed by atoms with E-state index in [4.69, 9.17) is 16.3 Å². The van der Waals surface area contributed by atoms with Gasteiger partial charge in [0.25, 0.3) is 5.91 Å². The molecule has 6 nitrogen and oxygen atoms in total. The predicted molar refractivity (Wildman–Crippen MR) is 72.7 cm³/mol. The van der Waals surface area contributed by atoms with Crippen LogP contribution < -0.4 is 10.2 Å². The minimum absolute atomic E-state index is 0.0810. The van der Waals surface area contributed by atoms with Crippen LogP contribution in [0.5, 0.6) is 0 Å². The summed E-state index contributed by atoms with van der Waals surface area (Å²) in [5.41, 5.74) is 0.288. The second kappa shape index (κ2) is 6.16. The molecule has 0 bridgehead atoms. The number of ether oxygens (including phenoxy) is 1. The second-order valence-corrected chi connectivity index (χ2v) is 4.70. The zero-order valence-corrected chi connectivity index (χ0v) is 11.8. The smallest absolute Gasteiger partial charge is 0.270 e. The molecule has 0 aliphatic carbocycles. The average molecular weight is 285 g/mol. The summed E-state index contributed by atoms with van der Waals surface area (Å²) in [6.45, 7) is 6.44. The number of anilines is 1. The van der Waals surface area contributed by atoms with Crippen LogP contribution in [0.15, 0.2) is 6.07 Å². The van der Waals surface area contributed by atoms with E-state index in [2.05, 4.69) is 20.2 Å². The van der Waals surface area contributed by atoms with Crippen LogP contribution in [0.25, 0.3) is 0 Å². The van der Waals surface area contributed by atoms with Gasteiger partial charge in [-0.25, -0.2) is 9.97 Å². The lowest BCUT2D eigenvalue weighted by atomic mass is 10.2. The topological polar surface area (TPSA) is 67.4 Å². The minimum atomic E-state index is -0.242. The highest BCUT2D eigenvalue weighted by Gasteiger charge is 2.22. The van der Waals surface area contributed by atoms with Gasteiger partial charge in [0, 0.05) is 19.2 Å². The zero-order valence-electron chi connectivity index (χ0n) is 11.0. The van der Waals surface area contributed by atoms with Crippen LogP contribution in [-0.2, 0) is 4.74 Å². The van der Waals surface area contributed by atoms with Gasteiger partial charge in [0.05, 0.1) is 19.3 Å². The second-order valence-electron chi connectivity index (χ2n) is 4.36. The van der Waals surface area contributed by atoms with E-state index in [0.29, 0.717) is 25.6 Å². The van der Waals surface area contributed by atoms with Gasteiger partial charge >= 0.3 is 0 Å². The highest BCUT2D eigenvalue weighted by molar-refractivity contribution is 6.28. The standard InChI is InChI=1S/C12H17ClN4O2/c1-3-14-11(18)9-6-10(16-12(13)15-9)17-4-5-19-7-8(17)2/h6,8H,3-5,7H2,1-2H3,(H,14,18)/t8-/m1/s1. The van der Waals surface area contributed by atoms with Crippen LogP contribution >= 0.6 is 11.6 Å². The van der Waals surface area contributed by atoms with Crippen molar-refractivity contribution in [2.75, 3.05) is 31.2 Å². The quantitative estimate of drug-likeness (QED) is 0.842.